The Labute approximate surface area is 257 Å². The lowest BCUT2D eigenvalue weighted by Crippen LogP contribution is -2.47. The van der Waals surface area contributed by atoms with E-state index >= 15 is 4.39 Å². The molecule has 14 heteroatoms. The summed E-state index contributed by atoms with van der Waals surface area (Å²) >= 11 is 0. The van der Waals surface area contributed by atoms with Gasteiger partial charge in [-0.1, -0.05) is 18.2 Å². The highest BCUT2D eigenvalue weighted by Gasteiger charge is 2.38. The van der Waals surface area contributed by atoms with Crippen molar-refractivity contribution in [2.24, 2.45) is 7.05 Å². The topological polar surface area (TPSA) is 135 Å². The molecule has 0 aliphatic carbocycles. The molecule has 2 aromatic heterocycles. The SMILES string of the molecule is CNC(=O)OC[C@@H]1CCc2nc(N[C@H](C)c3cccc(C(F)F)c3F)c3cc(C4(O)CCN(C(C)=O)CC4)c(=O)n(C)c3c2O1. The van der Waals surface area contributed by atoms with Crippen LogP contribution in [-0.2, 0) is 28.6 Å². The van der Waals surface area contributed by atoms with Gasteiger partial charge < -0.3 is 34.7 Å². The largest absolute Gasteiger partial charge is 0.483 e. The molecule has 0 saturated carbocycles. The van der Waals surface area contributed by atoms with Crippen LogP contribution in [-0.4, -0.2) is 64.4 Å². The van der Waals surface area contributed by atoms with Crippen LogP contribution >= 0.6 is 0 Å². The fourth-order valence-corrected chi connectivity index (χ4v) is 6.01. The molecule has 242 valence electrons. The Morgan fingerprint density at radius 3 is 2.58 bits per heavy atom. The predicted molar refractivity (Wildman–Crippen MR) is 159 cm³/mol. The van der Waals surface area contributed by atoms with Crippen LogP contribution in [0.4, 0.5) is 23.8 Å². The maximum atomic E-state index is 15.1. The van der Waals surface area contributed by atoms with Crippen LogP contribution in [0.3, 0.4) is 0 Å². The zero-order valence-electron chi connectivity index (χ0n) is 25.5. The molecule has 3 N–H and O–H groups in total. The van der Waals surface area contributed by atoms with Crippen molar-refractivity contribution in [3.05, 3.63) is 62.8 Å². The second kappa shape index (κ2) is 12.6. The molecule has 0 spiro atoms. The molecule has 5 rings (SSSR count). The molecule has 2 atom stereocenters. The number of halogens is 3. The molecule has 45 heavy (non-hydrogen) atoms. The van der Waals surface area contributed by atoms with Gasteiger partial charge in [0.05, 0.1) is 28.4 Å². The Balaban J connectivity index is 1.62. The summed E-state index contributed by atoms with van der Waals surface area (Å²) in [7, 11) is 2.97. The third-order valence-corrected chi connectivity index (χ3v) is 8.64. The number of aryl methyl sites for hydroxylation is 2. The van der Waals surface area contributed by atoms with E-state index in [0.717, 1.165) is 6.07 Å². The number of piperidine rings is 1. The number of alkyl halides is 2. The number of carbonyl (C=O) groups excluding carboxylic acids is 2. The summed E-state index contributed by atoms with van der Waals surface area (Å²) in [6.07, 6.45) is -3.04. The molecular formula is C31H36F3N5O6. The maximum Gasteiger partial charge on any atom is 0.406 e. The smallest absolute Gasteiger partial charge is 0.406 e. The lowest BCUT2D eigenvalue weighted by molar-refractivity contribution is -0.133. The monoisotopic (exact) mass is 631 g/mol. The highest BCUT2D eigenvalue weighted by molar-refractivity contribution is 5.95. The average Bonchev–Trinajstić information content (AvgIpc) is 3.01. The Morgan fingerprint density at radius 2 is 1.93 bits per heavy atom. The Kier molecular flexibility index (Phi) is 8.97. The van der Waals surface area contributed by atoms with Crippen molar-refractivity contribution in [2.45, 2.75) is 63.7 Å². The minimum atomic E-state index is -3.00. The predicted octanol–water partition coefficient (Wildman–Crippen LogP) is 4.06. The minimum Gasteiger partial charge on any atom is -0.483 e. The number of anilines is 1. The number of carbonyl (C=O) groups is 2. The number of fused-ring (bicyclic) bond motifs is 3. The van der Waals surface area contributed by atoms with Crippen LogP contribution in [0, 0.1) is 5.82 Å². The zero-order valence-corrected chi connectivity index (χ0v) is 25.5. The molecular weight excluding hydrogens is 595 g/mol. The van der Waals surface area contributed by atoms with Gasteiger partial charge in [0.1, 0.15) is 24.3 Å². The van der Waals surface area contributed by atoms with Gasteiger partial charge in [-0.2, -0.15) is 0 Å². The summed E-state index contributed by atoms with van der Waals surface area (Å²) < 4.78 is 54.8. The summed E-state index contributed by atoms with van der Waals surface area (Å²) in [5.41, 5.74) is -1.80. The molecule has 2 aliphatic heterocycles. The number of ether oxygens (including phenoxy) is 2. The van der Waals surface area contributed by atoms with Crippen LogP contribution in [0.15, 0.2) is 29.1 Å². The van der Waals surface area contributed by atoms with Crippen molar-refractivity contribution < 1.29 is 37.3 Å². The third-order valence-electron chi connectivity index (χ3n) is 8.64. The van der Waals surface area contributed by atoms with Crippen LogP contribution < -0.4 is 20.9 Å². The third kappa shape index (κ3) is 6.15. The van der Waals surface area contributed by atoms with Gasteiger partial charge in [0, 0.05) is 50.6 Å². The summed E-state index contributed by atoms with van der Waals surface area (Å²) in [4.78, 5) is 43.8. The highest BCUT2D eigenvalue weighted by atomic mass is 19.3. The molecule has 0 radical (unpaired) electrons. The number of likely N-dealkylation sites (tertiary alicyclic amines) is 1. The number of nitrogens with one attached hydrogen (secondary N) is 2. The van der Waals surface area contributed by atoms with Gasteiger partial charge in [-0.15, -0.1) is 0 Å². The number of benzene rings is 1. The molecule has 2 amide bonds. The molecule has 2 aliphatic rings. The van der Waals surface area contributed by atoms with Crippen LogP contribution in [0.25, 0.3) is 10.9 Å². The van der Waals surface area contributed by atoms with Gasteiger partial charge in [-0.3, -0.25) is 9.59 Å². The van der Waals surface area contributed by atoms with Gasteiger partial charge in [-0.25, -0.2) is 22.9 Å². The van der Waals surface area contributed by atoms with Crippen LogP contribution in [0.1, 0.15) is 68.0 Å². The number of nitrogens with zero attached hydrogens (tertiary/aromatic N) is 3. The fourth-order valence-electron chi connectivity index (χ4n) is 6.01. The number of hydrogen-bond acceptors (Lipinski definition) is 8. The first-order valence-electron chi connectivity index (χ1n) is 14.7. The number of hydrogen-bond donors (Lipinski definition) is 3. The van der Waals surface area contributed by atoms with Gasteiger partial charge in [0.2, 0.25) is 5.91 Å². The Hall–Kier alpha value is -4.33. The van der Waals surface area contributed by atoms with E-state index in [1.807, 2.05) is 0 Å². The molecule has 0 bridgehead atoms. The first-order valence-corrected chi connectivity index (χ1v) is 14.7. The summed E-state index contributed by atoms with van der Waals surface area (Å²) in [6.45, 7) is 3.52. The number of amides is 2. The van der Waals surface area contributed by atoms with E-state index in [1.54, 1.807) is 11.8 Å². The molecule has 0 unspecified atom stereocenters. The van der Waals surface area contributed by atoms with E-state index < -0.39 is 47.2 Å². The average molecular weight is 632 g/mol. The highest BCUT2D eigenvalue weighted by Crippen LogP contribution is 2.41. The van der Waals surface area contributed by atoms with E-state index in [1.165, 1.54) is 43.8 Å². The summed E-state index contributed by atoms with van der Waals surface area (Å²) in [5, 5.41) is 17.6. The second-order valence-electron chi connectivity index (χ2n) is 11.5. The van der Waals surface area contributed by atoms with Crippen molar-refractivity contribution in [3.8, 4) is 5.75 Å². The van der Waals surface area contributed by atoms with Crippen LogP contribution in [0.2, 0.25) is 0 Å². The molecule has 3 aromatic rings. The number of alkyl carbamates (subject to hydrolysis) is 1. The van der Waals surface area contributed by atoms with E-state index in [2.05, 4.69) is 10.6 Å². The number of aliphatic hydroxyl groups is 1. The van der Waals surface area contributed by atoms with E-state index in [9.17, 15) is 28.3 Å². The number of rotatable bonds is 7. The second-order valence-corrected chi connectivity index (χ2v) is 11.5. The number of pyridine rings is 2. The maximum absolute atomic E-state index is 15.1. The first kappa shape index (κ1) is 32.1. The molecule has 4 heterocycles. The zero-order chi connectivity index (χ0) is 32.6. The standard InChI is InChI=1S/C31H36F3N5O6/c1-16(19-6-5-7-20(24(19)32)27(33)34)36-28-21-14-22(31(43)10-12-39(13-11-31)17(2)40)29(41)38(4)25(21)26-23(37-28)9-8-18(45-26)15-44-30(42)35-3/h5-7,14,16,18,27,43H,8-13,15H2,1-4H3,(H,35,42)(H,36,37)/t16-,18+/m1/s1. The van der Waals surface area contributed by atoms with Crippen molar-refractivity contribution in [1.29, 1.82) is 0 Å². The summed E-state index contributed by atoms with van der Waals surface area (Å²) in [5.74, 6) is -0.620. The number of aromatic nitrogens is 2. The normalized spacial score (nSPS) is 18.2. The minimum absolute atomic E-state index is 0.00316. The Bertz CT molecular complexity index is 1690. The molecule has 1 fully saturated rings. The molecule has 11 nitrogen and oxygen atoms in total. The van der Waals surface area contributed by atoms with Crippen LogP contribution in [0.5, 0.6) is 5.75 Å². The van der Waals surface area contributed by atoms with Gasteiger partial charge in [-0.05, 0) is 38.7 Å². The van der Waals surface area contributed by atoms with Gasteiger partial charge in [0.25, 0.3) is 12.0 Å². The fraction of sp³-hybridized carbons (Fsp3) is 0.484. The lowest BCUT2D eigenvalue weighted by Gasteiger charge is -2.38. The van der Waals surface area contributed by atoms with Gasteiger partial charge in [0.15, 0.2) is 5.75 Å². The quantitative estimate of drug-likeness (QED) is 0.356. The van der Waals surface area contributed by atoms with Crippen molar-refractivity contribution in [2.75, 3.05) is 32.1 Å². The summed E-state index contributed by atoms with van der Waals surface area (Å²) in [6, 6.07) is 4.51. The van der Waals surface area contributed by atoms with Crippen molar-refractivity contribution >= 4 is 28.7 Å². The Morgan fingerprint density at radius 1 is 1.24 bits per heavy atom. The lowest BCUT2D eigenvalue weighted by atomic mass is 9.84. The van der Waals surface area contributed by atoms with E-state index in [0.29, 0.717) is 35.2 Å². The molecule has 1 aromatic carbocycles. The first-order chi connectivity index (χ1) is 21.3. The van der Waals surface area contributed by atoms with E-state index in [4.69, 9.17) is 14.5 Å². The van der Waals surface area contributed by atoms with Crippen molar-refractivity contribution in [1.82, 2.24) is 19.8 Å². The molecule has 1 saturated heterocycles. The van der Waals surface area contributed by atoms with Gasteiger partial charge >= 0.3 is 6.09 Å². The van der Waals surface area contributed by atoms with Crippen molar-refractivity contribution in [3.63, 3.8) is 0 Å². The van der Waals surface area contributed by atoms with E-state index in [-0.39, 0.29) is 55.4 Å².